The van der Waals surface area contributed by atoms with Crippen LogP contribution in [0.15, 0.2) is 35.4 Å². The second kappa shape index (κ2) is 6.73. The van der Waals surface area contributed by atoms with Crippen LogP contribution in [-0.2, 0) is 11.2 Å². The molecule has 96 valence electrons. The number of pyridine rings is 1. The fourth-order valence-electron chi connectivity index (χ4n) is 1.82. The fourth-order valence-corrected chi connectivity index (χ4v) is 2.78. The minimum atomic E-state index is 0.651. The van der Waals surface area contributed by atoms with Crippen LogP contribution in [0.25, 0.3) is 10.9 Å². The van der Waals surface area contributed by atoms with Gasteiger partial charge >= 0.3 is 0 Å². The predicted molar refractivity (Wildman–Crippen MR) is 77.1 cm³/mol. The fraction of sp³-hybridized carbons (Fsp3) is 0.357. The molecule has 0 aliphatic heterocycles. The first-order chi connectivity index (χ1) is 8.85. The molecule has 4 heteroatoms. The van der Waals surface area contributed by atoms with Gasteiger partial charge in [0, 0.05) is 18.2 Å². The molecule has 0 atom stereocenters. The third-order valence-electron chi connectivity index (χ3n) is 2.70. The van der Waals surface area contributed by atoms with E-state index in [2.05, 4.69) is 12.1 Å². The van der Waals surface area contributed by atoms with E-state index in [1.807, 2.05) is 18.2 Å². The highest BCUT2D eigenvalue weighted by atomic mass is 32.2. The van der Waals surface area contributed by atoms with Gasteiger partial charge in [0.05, 0.1) is 12.1 Å². The zero-order chi connectivity index (χ0) is 12.8. The van der Waals surface area contributed by atoms with Crippen LogP contribution < -0.4 is 5.73 Å². The van der Waals surface area contributed by atoms with Crippen LogP contribution in [-0.4, -0.2) is 31.0 Å². The topological polar surface area (TPSA) is 48.1 Å². The average molecular weight is 262 g/mol. The van der Waals surface area contributed by atoms with Crippen LogP contribution in [0.5, 0.6) is 0 Å². The zero-order valence-corrected chi connectivity index (χ0v) is 11.4. The number of rotatable bonds is 6. The normalized spacial score (nSPS) is 11.0. The molecule has 0 fully saturated rings. The molecule has 0 aliphatic rings. The van der Waals surface area contributed by atoms with E-state index in [4.69, 9.17) is 15.5 Å². The number of methoxy groups -OCH3 is 1. The minimum absolute atomic E-state index is 0.651. The molecule has 18 heavy (non-hydrogen) atoms. The van der Waals surface area contributed by atoms with Gasteiger partial charge in [-0.25, -0.2) is 4.98 Å². The first kappa shape index (κ1) is 13.3. The molecule has 0 unspecified atom stereocenters. The Morgan fingerprint density at radius 3 is 2.94 bits per heavy atom. The quantitative estimate of drug-likeness (QED) is 0.642. The van der Waals surface area contributed by atoms with Crippen molar-refractivity contribution in [1.29, 1.82) is 0 Å². The van der Waals surface area contributed by atoms with Crippen molar-refractivity contribution in [2.45, 2.75) is 11.4 Å². The van der Waals surface area contributed by atoms with Gasteiger partial charge < -0.3 is 10.5 Å². The summed E-state index contributed by atoms with van der Waals surface area (Å²) in [6.45, 7) is 1.39. The van der Waals surface area contributed by atoms with E-state index in [0.29, 0.717) is 6.54 Å². The maximum Gasteiger partial charge on any atom is 0.100 e. The number of nitrogens with zero attached hydrogens (tertiary/aromatic N) is 1. The summed E-state index contributed by atoms with van der Waals surface area (Å²) in [5, 5.41) is 2.26. The standard InChI is InChI=1S/C14H18N2OS/c1-17-8-9-18-14-12(6-7-15)10-11-4-2-3-5-13(11)16-14/h2-5,10H,6-9,15H2,1H3. The molecule has 0 saturated carbocycles. The summed E-state index contributed by atoms with van der Waals surface area (Å²) in [5.41, 5.74) is 7.94. The highest BCUT2D eigenvalue weighted by Crippen LogP contribution is 2.25. The number of fused-ring (bicyclic) bond motifs is 1. The van der Waals surface area contributed by atoms with Gasteiger partial charge in [-0.05, 0) is 30.7 Å². The number of hydrogen-bond acceptors (Lipinski definition) is 4. The molecular formula is C14H18N2OS. The Bertz CT molecular complexity index is 516. The molecule has 3 nitrogen and oxygen atoms in total. The number of thioether (sulfide) groups is 1. The van der Waals surface area contributed by atoms with E-state index >= 15 is 0 Å². The number of para-hydroxylation sites is 1. The van der Waals surface area contributed by atoms with Crippen molar-refractivity contribution < 1.29 is 4.74 Å². The Hall–Kier alpha value is -1.10. The van der Waals surface area contributed by atoms with Crippen molar-refractivity contribution in [3.05, 3.63) is 35.9 Å². The molecule has 0 aliphatic carbocycles. The molecule has 1 aromatic heterocycles. The first-order valence-electron chi connectivity index (χ1n) is 6.05. The number of ether oxygens (including phenoxy) is 1. The molecule has 2 N–H and O–H groups in total. The van der Waals surface area contributed by atoms with Crippen molar-refractivity contribution >= 4 is 22.7 Å². The van der Waals surface area contributed by atoms with Gasteiger partial charge in [0.1, 0.15) is 5.03 Å². The highest BCUT2D eigenvalue weighted by molar-refractivity contribution is 7.99. The summed E-state index contributed by atoms with van der Waals surface area (Å²) >= 11 is 1.73. The van der Waals surface area contributed by atoms with E-state index in [9.17, 15) is 0 Å². The van der Waals surface area contributed by atoms with Crippen molar-refractivity contribution in [2.24, 2.45) is 5.73 Å². The van der Waals surface area contributed by atoms with Crippen molar-refractivity contribution in [2.75, 3.05) is 26.0 Å². The Morgan fingerprint density at radius 1 is 1.33 bits per heavy atom. The molecule has 0 bridgehead atoms. The van der Waals surface area contributed by atoms with Gasteiger partial charge in [-0.3, -0.25) is 0 Å². The lowest BCUT2D eigenvalue weighted by atomic mass is 10.1. The monoisotopic (exact) mass is 262 g/mol. The lowest BCUT2D eigenvalue weighted by Crippen LogP contribution is -2.05. The number of hydrogen-bond donors (Lipinski definition) is 1. The van der Waals surface area contributed by atoms with Crippen LogP contribution in [0.2, 0.25) is 0 Å². The van der Waals surface area contributed by atoms with Gasteiger partial charge in [-0.2, -0.15) is 0 Å². The van der Waals surface area contributed by atoms with Gasteiger partial charge in [0.25, 0.3) is 0 Å². The van der Waals surface area contributed by atoms with Crippen molar-refractivity contribution in [3.63, 3.8) is 0 Å². The number of benzene rings is 1. The average Bonchev–Trinajstić information content (AvgIpc) is 2.40. The molecular weight excluding hydrogens is 244 g/mol. The molecule has 1 heterocycles. The molecule has 2 rings (SSSR count). The summed E-state index contributed by atoms with van der Waals surface area (Å²) in [7, 11) is 1.72. The Kier molecular flexibility index (Phi) is 4.99. The number of aromatic nitrogens is 1. The predicted octanol–water partition coefficient (Wildman–Crippen LogP) is 2.47. The SMILES string of the molecule is COCCSc1nc2ccccc2cc1CCN. The van der Waals surface area contributed by atoms with Crippen LogP contribution in [0, 0.1) is 0 Å². The summed E-state index contributed by atoms with van der Waals surface area (Å²) < 4.78 is 5.08. The maximum absolute atomic E-state index is 5.67. The van der Waals surface area contributed by atoms with Crippen LogP contribution in [0.4, 0.5) is 0 Å². The molecule has 0 spiro atoms. The van der Waals surface area contributed by atoms with E-state index in [1.165, 1.54) is 10.9 Å². The summed E-state index contributed by atoms with van der Waals surface area (Å²) in [6, 6.07) is 10.4. The zero-order valence-electron chi connectivity index (χ0n) is 10.6. The summed E-state index contributed by atoms with van der Waals surface area (Å²) in [4.78, 5) is 4.72. The molecule has 2 aromatic rings. The Balaban J connectivity index is 2.31. The summed E-state index contributed by atoms with van der Waals surface area (Å²) in [5.74, 6) is 0.916. The lowest BCUT2D eigenvalue weighted by Gasteiger charge is -2.09. The van der Waals surface area contributed by atoms with Crippen molar-refractivity contribution in [3.8, 4) is 0 Å². The molecule has 1 aromatic carbocycles. The first-order valence-corrected chi connectivity index (χ1v) is 7.04. The van der Waals surface area contributed by atoms with E-state index in [1.54, 1.807) is 18.9 Å². The number of nitrogens with two attached hydrogens (primary N) is 1. The van der Waals surface area contributed by atoms with E-state index in [0.717, 1.165) is 29.3 Å². The lowest BCUT2D eigenvalue weighted by molar-refractivity contribution is 0.218. The second-order valence-corrected chi connectivity index (χ2v) is 5.11. The summed E-state index contributed by atoms with van der Waals surface area (Å²) in [6.07, 6.45) is 0.868. The van der Waals surface area contributed by atoms with Crippen LogP contribution in [0.3, 0.4) is 0 Å². The molecule has 0 saturated heterocycles. The van der Waals surface area contributed by atoms with Gasteiger partial charge in [0.15, 0.2) is 0 Å². The Labute approximate surface area is 112 Å². The minimum Gasteiger partial charge on any atom is -0.384 e. The van der Waals surface area contributed by atoms with Crippen LogP contribution in [0.1, 0.15) is 5.56 Å². The van der Waals surface area contributed by atoms with Gasteiger partial charge in [0.2, 0.25) is 0 Å². The third-order valence-corrected chi connectivity index (χ3v) is 3.70. The van der Waals surface area contributed by atoms with Crippen molar-refractivity contribution in [1.82, 2.24) is 4.98 Å². The Morgan fingerprint density at radius 2 is 2.17 bits per heavy atom. The molecule has 0 radical (unpaired) electrons. The largest absolute Gasteiger partial charge is 0.384 e. The van der Waals surface area contributed by atoms with Gasteiger partial charge in [-0.15, -0.1) is 11.8 Å². The van der Waals surface area contributed by atoms with Gasteiger partial charge in [-0.1, -0.05) is 18.2 Å². The maximum atomic E-state index is 5.67. The van der Waals surface area contributed by atoms with E-state index < -0.39 is 0 Å². The third kappa shape index (κ3) is 3.22. The molecule has 0 amide bonds. The second-order valence-electron chi connectivity index (χ2n) is 4.03. The highest BCUT2D eigenvalue weighted by Gasteiger charge is 2.06. The smallest absolute Gasteiger partial charge is 0.100 e. The van der Waals surface area contributed by atoms with Crippen LogP contribution >= 0.6 is 11.8 Å². The van der Waals surface area contributed by atoms with E-state index in [-0.39, 0.29) is 0 Å².